The van der Waals surface area contributed by atoms with E-state index in [1.807, 2.05) is 6.07 Å². The number of anilines is 2. The van der Waals surface area contributed by atoms with Gasteiger partial charge in [-0.15, -0.1) is 5.10 Å². The van der Waals surface area contributed by atoms with Crippen LogP contribution in [0.15, 0.2) is 42.2 Å². The Morgan fingerprint density at radius 1 is 1.12 bits per heavy atom. The minimum atomic E-state index is -0.0564. The van der Waals surface area contributed by atoms with Crippen molar-refractivity contribution in [3.8, 4) is 5.95 Å². The zero-order valence-electron chi connectivity index (χ0n) is 12.7. The van der Waals surface area contributed by atoms with Crippen LogP contribution in [0.25, 0.3) is 17.0 Å². The Hall–Kier alpha value is -4.09. The van der Waals surface area contributed by atoms with E-state index in [-0.39, 0.29) is 5.96 Å². The molecule has 0 bridgehead atoms. The second-order valence-corrected chi connectivity index (χ2v) is 4.90. The van der Waals surface area contributed by atoms with Crippen LogP contribution in [0.1, 0.15) is 0 Å². The molecule has 0 atom stereocenters. The number of rotatable bonds is 4. The number of nitrogens with one attached hydrogen (secondary N) is 2. The fraction of sp³-hybridized carbons (Fsp3) is 0. The van der Waals surface area contributed by atoms with Crippen molar-refractivity contribution in [2.75, 3.05) is 5.32 Å². The van der Waals surface area contributed by atoms with Crippen LogP contribution in [0, 0.1) is 0 Å². The SMILES string of the molecule is NC(N)=Nc1cnc(-n2cnc3c(Nc4cn[nH]n4)nccc32)nc1. The number of aromatic amines is 1. The number of pyridine rings is 1. The van der Waals surface area contributed by atoms with E-state index in [2.05, 4.69) is 45.7 Å². The molecule has 6 N–H and O–H groups in total. The van der Waals surface area contributed by atoms with Crippen molar-refractivity contribution in [3.05, 3.63) is 37.2 Å². The monoisotopic (exact) mass is 336 g/mol. The molecule has 0 aromatic carbocycles. The first-order valence-corrected chi connectivity index (χ1v) is 7.07. The molecule has 4 heterocycles. The second-order valence-electron chi connectivity index (χ2n) is 4.90. The van der Waals surface area contributed by atoms with Gasteiger partial charge in [-0.3, -0.25) is 4.57 Å². The van der Waals surface area contributed by atoms with Crippen molar-refractivity contribution in [1.29, 1.82) is 0 Å². The molecular formula is C13H12N12. The molecule has 0 saturated carbocycles. The Morgan fingerprint density at radius 2 is 1.96 bits per heavy atom. The maximum absolute atomic E-state index is 5.33. The highest BCUT2D eigenvalue weighted by Crippen LogP contribution is 2.23. The summed E-state index contributed by atoms with van der Waals surface area (Å²) >= 11 is 0. The lowest BCUT2D eigenvalue weighted by Gasteiger charge is -2.04. The van der Waals surface area contributed by atoms with Gasteiger partial charge in [0.2, 0.25) is 5.95 Å². The van der Waals surface area contributed by atoms with E-state index >= 15 is 0 Å². The number of guanidine groups is 1. The van der Waals surface area contributed by atoms with E-state index in [1.165, 1.54) is 12.4 Å². The molecule has 124 valence electrons. The molecule has 0 radical (unpaired) electrons. The number of imidazole rings is 1. The summed E-state index contributed by atoms with van der Waals surface area (Å²) in [6.45, 7) is 0. The van der Waals surface area contributed by atoms with Crippen LogP contribution in [0.2, 0.25) is 0 Å². The molecule has 0 aliphatic carbocycles. The number of fused-ring (bicyclic) bond motifs is 1. The Balaban J connectivity index is 1.72. The Morgan fingerprint density at radius 3 is 2.68 bits per heavy atom. The Labute approximate surface area is 140 Å². The molecule has 4 rings (SSSR count). The van der Waals surface area contributed by atoms with Crippen LogP contribution in [-0.2, 0) is 0 Å². The van der Waals surface area contributed by atoms with E-state index in [1.54, 1.807) is 23.3 Å². The zero-order chi connectivity index (χ0) is 17.2. The van der Waals surface area contributed by atoms with Gasteiger partial charge in [0.15, 0.2) is 17.6 Å². The van der Waals surface area contributed by atoms with E-state index < -0.39 is 0 Å². The molecule has 12 heteroatoms. The summed E-state index contributed by atoms with van der Waals surface area (Å²) in [6, 6.07) is 1.81. The highest BCUT2D eigenvalue weighted by molar-refractivity contribution is 5.88. The molecule has 0 fully saturated rings. The number of hydrogen-bond acceptors (Lipinski definition) is 8. The number of H-pyrrole nitrogens is 1. The molecule has 0 aliphatic rings. The minimum Gasteiger partial charge on any atom is -0.370 e. The molecule has 0 aliphatic heterocycles. The van der Waals surface area contributed by atoms with Crippen LogP contribution in [0.5, 0.6) is 0 Å². The number of nitrogens with zero attached hydrogens (tertiary/aromatic N) is 8. The van der Waals surface area contributed by atoms with Gasteiger partial charge in [-0.05, 0) is 6.07 Å². The fourth-order valence-electron chi connectivity index (χ4n) is 2.22. The molecule has 12 nitrogen and oxygen atoms in total. The number of hydrogen-bond donors (Lipinski definition) is 4. The normalized spacial score (nSPS) is 10.7. The van der Waals surface area contributed by atoms with E-state index in [4.69, 9.17) is 11.5 Å². The van der Waals surface area contributed by atoms with Gasteiger partial charge in [-0.25, -0.2) is 24.9 Å². The molecule has 0 saturated heterocycles. The van der Waals surface area contributed by atoms with Crippen LogP contribution in [0.4, 0.5) is 17.3 Å². The summed E-state index contributed by atoms with van der Waals surface area (Å²) in [4.78, 5) is 21.1. The highest BCUT2D eigenvalue weighted by Gasteiger charge is 2.12. The average Bonchev–Trinajstić information content (AvgIpc) is 3.25. The largest absolute Gasteiger partial charge is 0.370 e. The molecule has 0 spiro atoms. The van der Waals surface area contributed by atoms with Crippen LogP contribution < -0.4 is 16.8 Å². The molecule has 0 amide bonds. The van der Waals surface area contributed by atoms with E-state index in [9.17, 15) is 0 Å². The Bertz CT molecular complexity index is 1030. The van der Waals surface area contributed by atoms with E-state index in [0.717, 1.165) is 5.52 Å². The number of aromatic nitrogens is 8. The molecule has 4 aromatic rings. The van der Waals surface area contributed by atoms with Gasteiger partial charge in [0.05, 0.1) is 24.1 Å². The first kappa shape index (κ1) is 14.5. The van der Waals surface area contributed by atoms with Gasteiger partial charge in [0.25, 0.3) is 0 Å². The highest BCUT2D eigenvalue weighted by atomic mass is 15.4. The van der Waals surface area contributed by atoms with Crippen molar-refractivity contribution in [3.63, 3.8) is 0 Å². The fourth-order valence-corrected chi connectivity index (χ4v) is 2.22. The third kappa shape index (κ3) is 2.78. The Kier molecular flexibility index (Phi) is 3.39. The molecule has 0 unspecified atom stereocenters. The van der Waals surface area contributed by atoms with Gasteiger partial charge in [0, 0.05) is 6.20 Å². The maximum atomic E-state index is 5.33. The predicted octanol–water partition coefficient (Wildman–Crippen LogP) is -0.0229. The van der Waals surface area contributed by atoms with Crippen molar-refractivity contribution >= 4 is 34.3 Å². The summed E-state index contributed by atoms with van der Waals surface area (Å²) in [7, 11) is 0. The first-order valence-electron chi connectivity index (χ1n) is 7.07. The maximum Gasteiger partial charge on any atom is 0.235 e. The minimum absolute atomic E-state index is 0.0564. The standard InChI is InChI=1S/C13H12N12/c14-12(15)21-7-3-17-13(18-4-7)25-6-19-10-8(25)1-2-16-11(10)22-9-5-20-24-23-9/h1-6H,(H4,14,15,21)(H2,16,20,22,23,24). The lowest BCUT2D eigenvalue weighted by atomic mass is 10.3. The van der Waals surface area contributed by atoms with E-state index in [0.29, 0.717) is 28.8 Å². The summed E-state index contributed by atoms with van der Waals surface area (Å²) in [5.74, 6) is 1.45. The molecule has 4 aromatic heterocycles. The van der Waals surface area contributed by atoms with Crippen molar-refractivity contribution in [1.82, 2.24) is 39.9 Å². The summed E-state index contributed by atoms with van der Waals surface area (Å²) in [6.07, 6.45) is 7.84. The van der Waals surface area contributed by atoms with Gasteiger partial charge in [-0.2, -0.15) is 10.3 Å². The summed E-state index contributed by atoms with van der Waals surface area (Å²) < 4.78 is 1.73. The van der Waals surface area contributed by atoms with Crippen molar-refractivity contribution < 1.29 is 0 Å². The number of aliphatic imine (C=N–C) groups is 1. The van der Waals surface area contributed by atoms with Gasteiger partial charge >= 0.3 is 0 Å². The quantitative estimate of drug-likeness (QED) is 0.294. The van der Waals surface area contributed by atoms with Crippen LogP contribution >= 0.6 is 0 Å². The van der Waals surface area contributed by atoms with Crippen molar-refractivity contribution in [2.45, 2.75) is 0 Å². The third-order valence-electron chi connectivity index (χ3n) is 3.22. The van der Waals surface area contributed by atoms with Crippen molar-refractivity contribution in [2.24, 2.45) is 16.5 Å². The molecular weight excluding hydrogens is 324 g/mol. The smallest absolute Gasteiger partial charge is 0.235 e. The van der Waals surface area contributed by atoms with Crippen LogP contribution in [-0.4, -0.2) is 45.9 Å². The van der Waals surface area contributed by atoms with Crippen LogP contribution in [0.3, 0.4) is 0 Å². The van der Waals surface area contributed by atoms with Gasteiger partial charge < -0.3 is 16.8 Å². The summed E-state index contributed by atoms with van der Waals surface area (Å²) in [5, 5.41) is 13.2. The van der Waals surface area contributed by atoms with Gasteiger partial charge in [0.1, 0.15) is 17.5 Å². The third-order valence-corrected chi connectivity index (χ3v) is 3.22. The van der Waals surface area contributed by atoms with Gasteiger partial charge in [-0.1, -0.05) is 0 Å². The number of nitrogens with two attached hydrogens (primary N) is 2. The molecule has 25 heavy (non-hydrogen) atoms. The average molecular weight is 336 g/mol. The predicted molar refractivity (Wildman–Crippen MR) is 89.6 cm³/mol. The lowest BCUT2D eigenvalue weighted by molar-refractivity contribution is 0.941. The lowest BCUT2D eigenvalue weighted by Crippen LogP contribution is -2.21. The first-order chi connectivity index (χ1) is 12.2. The topological polar surface area (TPSA) is 174 Å². The summed E-state index contributed by atoms with van der Waals surface area (Å²) in [5.41, 5.74) is 12.5. The second kappa shape index (κ2) is 5.84. The zero-order valence-corrected chi connectivity index (χ0v) is 12.7.